The van der Waals surface area contributed by atoms with Crippen LogP contribution in [-0.2, 0) is 6.54 Å². The number of amides is 1. The number of aryl methyl sites for hydroxylation is 2. The molecule has 0 aliphatic rings. The Bertz CT molecular complexity index is 775. The van der Waals surface area contributed by atoms with Crippen LogP contribution in [0.3, 0.4) is 0 Å². The summed E-state index contributed by atoms with van der Waals surface area (Å²) in [7, 11) is 0. The molecule has 1 amide bonds. The van der Waals surface area contributed by atoms with Gasteiger partial charge in [0.15, 0.2) is 0 Å². The fourth-order valence-corrected chi connectivity index (χ4v) is 3.33. The van der Waals surface area contributed by atoms with Crippen LogP contribution in [0.4, 0.5) is 0 Å². The second-order valence-electron chi connectivity index (χ2n) is 4.81. The fourth-order valence-electron chi connectivity index (χ4n) is 2.08. The SMILES string of the molecule is Cc1nnsc1C(=O)NCCn1nc(-c2cccs2)cc1C. The van der Waals surface area contributed by atoms with Gasteiger partial charge in [-0.1, -0.05) is 10.6 Å². The van der Waals surface area contributed by atoms with E-state index in [4.69, 9.17) is 0 Å². The van der Waals surface area contributed by atoms with E-state index >= 15 is 0 Å². The van der Waals surface area contributed by atoms with Crippen molar-refractivity contribution in [3.8, 4) is 10.6 Å². The van der Waals surface area contributed by atoms with Crippen LogP contribution in [0.25, 0.3) is 10.6 Å². The van der Waals surface area contributed by atoms with Crippen molar-refractivity contribution in [2.45, 2.75) is 20.4 Å². The van der Waals surface area contributed by atoms with E-state index in [1.807, 2.05) is 23.1 Å². The molecule has 0 unspecified atom stereocenters. The zero-order chi connectivity index (χ0) is 15.5. The van der Waals surface area contributed by atoms with Gasteiger partial charge < -0.3 is 5.32 Å². The Hall–Kier alpha value is -2.06. The Labute approximate surface area is 136 Å². The quantitative estimate of drug-likeness (QED) is 0.779. The third-order valence-electron chi connectivity index (χ3n) is 3.22. The molecule has 3 aromatic rings. The lowest BCUT2D eigenvalue weighted by Crippen LogP contribution is -2.27. The second kappa shape index (κ2) is 6.37. The molecule has 0 aromatic carbocycles. The first kappa shape index (κ1) is 14.9. The van der Waals surface area contributed by atoms with Crippen molar-refractivity contribution >= 4 is 28.8 Å². The average molecular weight is 333 g/mol. The summed E-state index contributed by atoms with van der Waals surface area (Å²) in [5.74, 6) is -0.129. The molecule has 0 saturated heterocycles. The molecular weight excluding hydrogens is 318 g/mol. The zero-order valence-electron chi connectivity index (χ0n) is 12.2. The molecule has 0 atom stereocenters. The molecule has 6 nitrogen and oxygen atoms in total. The normalized spacial score (nSPS) is 10.8. The number of carbonyl (C=O) groups excluding carboxylic acids is 1. The summed E-state index contributed by atoms with van der Waals surface area (Å²) in [5.41, 5.74) is 2.72. The number of nitrogens with one attached hydrogen (secondary N) is 1. The minimum atomic E-state index is -0.129. The van der Waals surface area contributed by atoms with Crippen LogP contribution in [0, 0.1) is 13.8 Å². The lowest BCUT2D eigenvalue weighted by molar-refractivity contribution is 0.0955. The molecule has 3 rings (SSSR count). The topological polar surface area (TPSA) is 72.7 Å². The van der Waals surface area contributed by atoms with Gasteiger partial charge in [-0.3, -0.25) is 9.48 Å². The van der Waals surface area contributed by atoms with Crippen molar-refractivity contribution in [2.75, 3.05) is 6.54 Å². The van der Waals surface area contributed by atoms with E-state index in [9.17, 15) is 4.79 Å². The number of hydrogen-bond donors (Lipinski definition) is 1. The maximum Gasteiger partial charge on any atom is 0.265 e. The number of hydrogen-bond acceptors (Lipinski definition) is 6. The number of nitrogens with zero attached hydrogens (tertiary/aromatic N) is 4. The molecule has 0 aliphatic carbocycles. The molecule has 114 valence electrons. The lowest BCUT2D eigenvalue weighted by Gasteiger charge is -2.05. The van der Waals surface area contributed by atoms with Crippen LogP contribution < -0.4 is 5.32 Å². The number of rotatable bonds is 5. The summed E-state index contributed by atoms with van der Waals surface area (Å²) >= 11 is 2.78. The first-order chi connectivity index (χ1) is 10.6. The largest absolute Gasteiger partial charge is 0.349 e. The summed E-state index contributed by atoms with van der Waals surface area (Å²) in [6.07, 6.45) is 0. The molecule has 0 bridgehead atoms. The molecule has 0 fully saturated rings. The predicted molar refractivity (Wildman–Crippen MR) is 87.3 cm³/mol. The van der Waals surface area contributed by atoms with Crippen LogP contribution in [0.15, 0.2) is 23.6 Å². The summed E-state index contributed by atoms with van der Waals surface area (Å²) in [4.78, 5) is 13.7. The average Bonchev–Trinajstić information content (AvgIpc) is 3.20. The van der Waals surface area contributed by atoms with Crippen LogP contribution in [0.2, 0.25) is 0 Å². The highest BCUT2D eigenvalue weighted by molar-refractivity contribution is 7.13. The Balaban J connectivity index is 1.60. The van der Waals surface area contributed by atoms with E-state index in [1.165, 1.54) is 0 Å². The third-order valence-corrected chi connectivity index (χ3v) is 4.94. The van der Waals surface area contributed by atoms with Gasteiger partial charge in [-0.15, -0.1) is 16.4 Å². The van der Waals surface area contributed by atoms with Crippen LogP contribution in [0.5, 0.6) is 0 Å². The highest BCUT2D eigenvalue weighted by Gasteiger charge is 2.13. The second-order valence-corrected chi connectivity index (χ2v) is 6.52. The molecular formula is C14H15N5OS2. The van der Waals surface area contributed by atoms with Crippen LogP contribution in [0.1, 0.15) is 21.1 Å². The number of aromatic nitrogens is 4. The van der Waals surface area contributed by atoms with Gasteiger partial charge >= 0.3 is 0 Å². The smallest absolute Gasteiger partial charge is 0.265 e. The fraction of sp³-hybridized carbons (Fsp3) is 0.286. The molecule has 1 N–H and O–H groups in total. The van der Waals surface area contributed by atoms with Gasteiger partial charge in [0.1, 0.15) is 10.6 Å². The van der Waals surface area contributed by atoms with E-state index in [-0.39, 0.29) is 5.91 Å². The van der Waals surface area contributed by atoms with Crippen LogP contribution >= 0.6 is 22.9 Å². The zero-order valence-corrected chi connectivity index (χ0v) is 13.9. The highest BCUT2D eigenvalue weighted by Crippen LogP contribution is 2.23. The number of carbonyl (C=O) groups is 1. The van der Waals surface area contributed by atoms with Crippen molar-refractivity contribution in [1.82, 2.24) is 24.7 Å². The van der Waals surface area contributed by atoms with Crippen molar-refractivity contribution in [3.63, 3.8) is 0 Å². The van der Waals surface area contributed by atoms with E-state index in [0.29, 0.717) is 23.7 Å². The highest BCUT2D eigenvalue weighted by atomic mass is 32.1. The molecule has 8 heteroatoms. The Morgan fingerprint density at radius 3 is 2.95 bits per heavy atom. The summed E-state index contributed by atoms with van der Waals surface area (Å²) < 4.78 is 5.68. The van der Waals surface area contributed by atoms with Crippen molar-refractivity contribution in [2.24, 2.45) is 0 Å². The monoisotopic (exact) mass is 333 g/mol. The van der Waals surface area contributed by atoms with Gasteiger partial charge in [0.25, 0.3) is 5.91 Å². The standard InChI is InChI=1S/C14H15N5OS2/c1-9-8-11(12-4-3-7-21-12)17-19(9)6-5-15-14(20)13-10(2)16-18-22-13/h3-4,7-8H,5-6H2,1-2H3,(H,15,20). The Kier molecular flexibility index (Phi) is 4.30. The summed E-state index contributed by atoms with van der Waals surface area (Å²) in [5, 5.41) is 13.3. The maximum atomic E-state index is 12.0. The van der Waals surface area contributed by atoms with Gasteiger partial charge in [0, 0.05) is 12.2 Å². The van der Waals surface area contributed by atoms with Crippen molar-refractivity contribution < 1.29 is 4.79 Å². The first-order valence-corrected chi connectivity index (χ1v) is 8.46. The summed E-state index contributed by atoms with van der Waals surface area (Å²) in [6.45, 7) is 4.95. The molecule has 0 saturated carbocycles. The van der Waals surface area contributed by atoms with Gasteiger partial charge in [-0.05, 0) is 42.9 Å². The minimum absolute atomic E-state index is 0.129. The van der Waals surface area contributed by atoms with E-state index in [2.05, 4.69) is 32.1 Å². The molecule has 0 radical (unpaired) electrons. The Morgan fingerprint density at radius 1 is 1.41 bits per heavy atom. The maximum absolute atomic E-state index is 12.0. The molecule has 3 heterocycles. The van der Waals surface area contributed by atoms with Gasteiger partial charge in [0.05, 0.1) is 17.1 Å². The van der Waals surface area contributed by atoms with E-state index < -0.39 is 0 Å². The van der Waals surface area contributed by atoms with Gasteiger partial charge in [0.2, 0.25) is 0 Å². The predicted octanol–water partition coefficient (Wildman–Crippen LogP) is 2.51. The van der Waals surface area contributed by atoms with Crippen LogP contribution in [-0.4, -0.2) is 31.8 Å². The van der Waals surface area contributed by atoms with Gasteiger partial charge in [-0.25, -0.2) is 0 Å². The molecule has 3 aromatic heterocycles. The van der Waals surface area contributed by atoms with E-state index in [0.717, 1.165) is 27.8 Å². The van der Waals surface area contributed by atoms with Gasteiger partial charge in [-0.2, -0.15) is 5.10 Å². The third kappa shape index (κ3) is 3.07. The summed E-state index contributed by atoms with van der Waals surface area (Å²) in [6, 6.07) is 6.13. The lowest BCUT2D eigenvalue weighted by atomic mass is 10.3. The Morgan fingerprint density at radius 2 is 2.27 bits per heavy atom. The van der Waals surface area contributed by atoms with Crippen molar-refractivity contribution in [1.29, 1.82) is 0 Å². The first-order valence-electron chi connectivity index (χ1n) is 6.80. The molecule has 0 aliphatic heterocycles. The van der Waals surface area contributed by atoms with E-state index in [1.54, 1.807) is 18.3 Å². The molecule has 22 heavy (non-hydrogen) atoms. The minimum Gasteiger partial charge on any atom is -0.349 e. The molecule has 0 spiro atoms. The van der Waals surface area contributed by atoms with Crippen molar-refractivity contribution in [3.05, 3.63) is 39.8 Å². The number of thiophene rings is 1.